The summed E-state index contributed by atoms with van der Waals surface area (Å²) < 4.78 is 0. The number of rotatable bonds is 14. The smallest absolute Gasteiger partial charge is 0.194 e. The highest BCUT2D eigenvalue weighted by atomic mass is 16.1. The van der Waals surface area contributed by atoms with Crippen LogP contribution in [0.4, 0.5) is 0 Å². The molecule has 0 aliphatic heterocycles. The molecular weight excluding hydrogens is 538 g/mol. The zero-order valence-electron chi connectivity index (χ0n) is 29.7. The highest BCUT2D eigenvalue weighted by molar-refractivity contribution is 6.28. The Hall–Kier alpha value is -2.78. The van der Waals surface area contributed by atoms with Crippen LogP contribution < -0.4 is 5.73 Å². The van der Waals surface area contributed by atoms with Gasteiger partial charge in [-0.3, -0.25) is 9.59 Å². The van der Waals surface area contributed by atoms with Crippen molar-refractivity contribution in [2.45, 2.75) is 132 Å². The lowest BCUT2D eigenvalue weighted by Crippen LogP contribution is -2.27. The van der Waals surface area contributed by atoms with Crippen LogP contribution in [0.25, 0.3) is 0 Å². The third-order valence-corrected chi connectivity index (χ3v) is 11.8. The molecule has 0 spiro atoms. The van der Waals surface area contributed by atoms with Crippen molar-refractivity contribution in [1.29, 1.82) is 0 Å². The molecular formula is C41H59NO2. The summed E-state index contributed by atoms with van der Waals surface area (Å²) >= 11 is 0. The summed E-state index contributed by atoms with van der Waals surface area (Å²) in [6.45, 7) is 25.2. The molecule has 2 atom stereocenters. The molecule has 0 saturated carbocycles. The maximum absolute atomic E-state index is 13.9. The van der Waals surface area contributed by atoms with E-state index < -0.39 is 0 Å². The fourth-order valence-corrected chi connectivity index (χ4v) is 6.16. The Balaban J connectivity index is 1.89. The minimum atomic E-state index is -0.103. The number of hydrogen-bond donors (Lipinski definition) is 1. The molecule has 0 bridgehead atoms. The first kappa shape index (κ1) is 35.7. The predicted molar refractivity (Wildman–Crippen MR) is 188 cm³/mol. The van der Waals surface area contributed by atoms with Crippen LogP contribution in [-0.2, 0) is 10.8 Å². The van der Waals surface area contributed by atoms with Crippen LogP contribution in [0.2, 0.25) is 0 Å². The molecule has 1 aliphatic rings. The molecule has 0 radical (unpaired) electrons. The largest absolute Gasteiger partial charge is 0.330 e. The van der Waals surface area contributed by atoms with Gasteiger partial charge in [0.25, 0.3) is 0 Å². The Morgan fingerprint density at radius 3 is 1.34 bits per heavy atom. The maximum atomic E-state index is 13.9. The van der Waals surface area contributed by atoms with Gasteiger partial charge in [-0.15, -0.1) is 0 Å². The SMILES string of the molecule is CCC(C)(C)/C(C)=C/CCC(C)(CC)c1ccc2c(c1)C(=O)c1ccc(C(C)(CC)CC/C=C(\C)C(C)(C)CN)cc1C2=O. The number of fused-ring (bicyclic) bond motifs is 2. The van der Waals surface area contributed by atoms with Gasteiger partial charge in [0.2, 0.25) is 0 Å². The average Bonchev–Trinajstić information content (AvgIpc) is 3.02. The van der Waals surface area contributed by atoms with Gasteiger partial charge in [0, 0.05) is 28.8 Å². The van der Waals surface area contributed by atoms with Crippen molar-refractivity contribution >= 4 is 11.6 Å². The normalized spacial score (nSPS) is 17.2. The molecule has 2 aromatic rings. The molecule has 2 unspecified atom stereocenters. The van der Waals surface area contributed by atoms with Crippen LogP contribution in [0, 0.1) is 10.8 Å². The van der Waals surface area contributed by atoms with Crippen LogP contribution in [0.5, 0.6) is 0 Å². The number of benzene rings is 2. The van der Waals surface area contributed by atoms with Crippen LogP contribution in [0.1, 0.15) is 164 Å². The average molecular weight is 598 g/mol. The van der Waals surface area contributed by atoms with Gasteiger partial charge < -0.3 is 5.73 Å². The van der Waals surface area contributed by atoms with Crippen molar-refractivity contribution < 1.29 is 9.59 Å². The van der Waals surface area contributed by atoms with E-state index >= 15 is 0 Å². The fourth-order valence-electron chi connectivity index (χ4n) is 6.16. The molecule has 0 heterocycles. The first-order chi connectivity index (χ1) is 20.5. The lowest BCUT2D eigenvalue weighted by Gasteiger charge is -2.32. The number of ketones is 2. The van der Waals surface area contributed by atoms with E-state index in [0.717, 1.165) is 56.1 Å². The Morgan fingerprint density at radius 2 is 1.00 bits per heavy atom. The summed E-state index contributed by atoms with van der Waals surface area (Å²) in [7, 11) is 0. The van der Waals surface area contributed by atoms with Crippen LogP contribution >= 0.6 is 0 Å². The fraction of sp³-hybridized carbons (Fsp3) is 0.561. The summed E-state index contributed by atoms with van der Waals surface area (Å²) in [5, 5.41) is 0. The molecule has 1 aliphatic carbocycles. The minimum absolute atomic E-state index is 0.00896. The van der Waals surface area contributed by atoms with Gasteiger partial charge in [-0.1, -0.05) is 97.7 Å². The molecule has 3 rings (SSSR count). The van der Waals surface area contributed by atoms with Crippen molar-refractivity contribution in [3.8, 4) is 0 Å². The minimum Gasteiger partial charge on any atom is -0.330 e. The highest BCUT2D eigenvalue weighted by Crippen LogP contribution is 2.40. The van der Waals surface area contributed by atoms with Gasteiger partial charge in [0.1, 0.15) is 0 Å². The molecule has 44 heavy (non-hydrogen) atoms. The first-order valence-electron chi connectivity index (χ1n) is 16.9. The molecule has 0 fully saturated rings. The molecule has 240 valence electrons. The Kier molecular flexibility index (Phi) is 11.1. The van der Waals surface area contributed by atoms with E-state index in [1.54, 1.807) is 0 Å². The lowest BCUT2D eigenvalue weighted by atomic mass is 9.72. The number of allylic oxidation sites excluding steroid dienone is 3. The van der Waals surface area contributed by atoms with Gasteiger partial charge in [-0.2, -0.15) is 0 Å². The molecule has 3 heteroatoms. The second-order valence-electron chi connectivity index (χ2n) is 15.2. The molecule has 0 saturated heterocycles. The third kappa shape index (κ3) is 7.20. The van der Waals surface area contributed by atoms with Gasteiger partial charge in [-0.05, 0) is 116 Å². The Morgan fingerprint density at radius 1 is 0.614 bits per heavy atom. The predicted octanol–water partition coefficient (Wildman–Crippen LogP) is 10.7. The lowest BCUT2D eigenvalue weighted by molar-refractivity contribution is 0.0978. The second-order valence-corrected chi connectivity index (χ2v) is 15.2. The molecule has 2 N–H and O–H groups in total. The number of hydrogen-bond acceptors (Lipinski definition) is 3. The summed E-state index contributed by atoms with van der Waals surface area (Å²) in [5.41, 5.74) is 13.2. The van der Waals surface area contributed by atoms with E-state index in [1.807, 2.05) is 24.3 Å². The Bertz CT molecular complexity index is 1330. The second kappa shape index (κ2) is 13.7. The number of nitrogens with two attached hydrogens (primary N) is 1. The van der Waals surface area contributed by atoms with Crippen LogP contribution in [-0.4, -0.2) is 18.1 Å². The van der Waals surface area contributed by atoms with Gasteiger partial charge in [-0.25, -0.2) is 0 Å². The van der Waals surface area contributed by atoms with Crippen molar-refractivity contribution in [2.24, 2.45) is 16.6 Å². The van der Waals surface area contributed by atoms with Crippen molar-refractivity contribution in [3.63, 3.8) is 0 Å². The van der Waals surface area contributed by atoms with Gasteiger partial charge in [0.15, 0.2) is 11.6 Å². The van der Waals surface area contributed by atoms with Crippen molar-refractivity contribution in [2.75, 3.05) is 6.54 Å². The van der Waals surface area contributed by atoms with Crippen LogP contribution in [0.15, 0.2) is 59.7 Å². The summed E-state index contributed by atoms with van der Waals surface area (Å²) in [5.74, 6) is -0.0805. The molecule has 0 amide bonds. The van der Waals surface area contributed by atoms with Crippen molar-refractivity contribution in [1.82, 2.24) is 0 Å². The van der Waals surface area contributed by atoms with Gasteiger partial charge >= 0.3 is 0 Å². The van der Waals surface area contributed by atoms with Gasteiger partial charge in [0.05, 0.1) is 0 Å². The van der Waals surface area contributed by atoms with E-state index in [9.17, 15) is 9.59 Å². The summed E-state index contributed by atoms with van der Waals surface area (Å²) in [6, 6.07) is 12.0. The van der Waals surface area contributed by atoms with E-state index in [4.69, 9.17) is 5.73 Å². The molecule has 2 aromatic carbocycles. The maximum Gasteiger partial charge on any atom is 0.194 e. The zero-order valence-corrected chi connectivity index (χ0v) is 29.7. The third-order valence-electron chi connectivity index (χ3n) is 11.8. The Labute approximate surface area is 268 Å². The summed E-state index contributed by atoms with van der Waals surface area (Å²) in [6.07, 6.45) is 11.6. The monoisotopic (exact) mass is 597 g/mol. The molecule has 3 nitrogen and oxygen atoms in total. The van der Waals surface area contributed by atoms with E-state index in [2.05, 4.69) is 100 Å². The van der Waals surface area contributed by atoms with Crippen LogP contribution in [0.3, 0.4) is 0 Å². The topological polar surface area (TPSA) is 60.2 Å². The summed E-state index contributed by atoms with van der Waals surface area (Å²) in [4.78, 5) is 27.8. The van der Waals surface area contributed by atoms with E-state index in [1.165, 1.54) is 11.1 Å². The number of carbonyl (C=O) groups is 2. The highest BCUT2D eigenvalue weighted by Gasteiger charge is 2.34. The first-order valence-corrected chi connectivity index (χ1v) is 16.9. The van der Waals surface area contributed by atoms with E-state index in [0.29, 0.717) is 28.8 Å². The number of carbonyl (C=O) groups excluding carboxylic acids is 2. The zero-order chi connectivity index (χ0) is 33.1. The quantitative estimate of drug-likeness (QED) is 0.188. The van der Waals surface area contributed by atoms with Crippen molar-refractivity contribution in [3.05, 3.63) is 93.1 Å². The standard InChI is InChI=1S/C41H59NO2/c1-12-38(6,7)28(4)17-15-23-40(10,13-2)30-19-21-32-34(25-30)36(43)33-22-20-31(26-35(33)37(32)44)41(11,14-3)24-16-18-29(5)39(8,9)27-42/h17-22,25-26H,12-16,23-24,27,42H2,1-11H3/b28-17+,29-18+. The van der Waals surface area contributed by atoms with E-state index in [-0.39, 0.29) is 33.2 Å². The molecule has 0 aromatic heterocycles.